The standard InChI is InChI=1S/C30H52NO5P/c1-4-7-8-9-10-11-12-13-14-15-16-17-18-19-30(33)31-28(26-27-20-22-29(32)23-21-27)24-25-37(34,35-5-2)36-6-3/h20-23,26,32H,4-19,24-25H2,1-3H3,(H,31,33)/b28-26+. The normalized spacial score (nSPS) is 12.1. The summed E-state index contributed by atoms with van der Waals surface area (Å²) in [5, 5.41) is 12.6. The van der Waals surface area contributed by atoms with Gasteiger partial charge in [-0.3, -0.25) is 9.36 Å². The molecular weight excluding hydrogens is 485 g/mol. The fourth-order valence-electron chi connectivity index (χ4n) is 4.30. The van der Waals surface area contributed by atoms with Crippen LogP contribution < -0.4 is 5.32 Å². The zero-order chi connectivity index (χ0) is 27.2. The number of hydrogen-bond donors (Lipinski definition) is 2. The lowest BCUT2D eigenvalue weighted by molar-refractivity contribution is -0.120. The Morgan fingerprint density at radius 1 is 0.784 bits per heavy atom. The van der Waals surface area contributed by atoms with Gasteiger partial charge in [-0.25, -0.2) is 0 Å². The van der Waals surface area contributed by atoms with Gasteiger partial charge in [0.25, 0.3) is 0 Å². The number of phenols is 1. The predicted molar refractivity (Wildman–Crippen MR) is 155 cm³/mol. The van der Waals surface area contributed by atoms with Crippen molar-refractivity contribution in [1.29, 1.82) is 0 Å². The van der Waals surface area contributed by atoms with Crippen molar-refractivity contribution in [2.45, 2.75) is 117 Å². The van der Waals surface area contributed by atoms with Gasteiger partial charge in [-0.2, -0.15) is 0 Å². The van der Waals surface area contributed by atoms with Crippen LogP contribution in [0.5, 0.6) is 5.75 Å². The molecule has 1 amide bonds. The molecule has 2 N–H and O–H groups in total. The van der Waals surface area contributed by atoms with Crippen LogP contribution in [-0.2, 0) is 18.4 Å². The molecule has 0 radical (unpaired) electrons. The smallest absolute Gasteiger partial charge is 0.331 e. The van der Waals surface area contributed by atoms with Gasteiger partial charge in [0, 0.05) is 12.1 Å². The zero-order valence-corrected chi connectivity index (χ0v) is 24.5. The van der Waals surface area contributed by atoms with Crippen LogP contribution in [0.15, 0.2) is 30.0 Å². The van der Waals surface area contributed by atoms with E-state index in [0.29, 0.717) is 31.8 Å². The first kappa shape index (κ1) is 33.4. The first-order valence-corrected chi connectivity index (χ1v) is 16.3. The second kappa shape index (κ2) is 21.3. The monoisotopic (exact) mass is 537 g/mol. The second-order valence-electron chi connectivity index (χ2n) is 9.72. The minimum atomic E-state index is -3.21. The van der Waals surface area contributed by atoms with Crippen LogP contribution in [0.2, 0.25) is 0 Å². The van der Waals surface area contributed by atoms with Gasteiger partial charge in [-0.15, -0.1) is 0 Å². The summed E-state index contributed by atoms with van der Waals surface area (Å²) in [7, 11) is -3.21. The number of amides is 1. The van der Waals surface area contributed by atoms with Crippen molar-refractivity contribution in [1.82, 2.24) is 5.32 Å². The average molecular weight is 538 g/mol. The summed E-state index contributed by atoms with van der Waals surface area (Å²) in [6, 6.07) is 6.76. The molecule has 1 aromatic carbocycles. The molecule has 0 unspecified atom stereocenters. The Balaban J connectivity index is 2.40. The van der Waals surface area contributed by atoms with Gasteiger partial charge in [0.1, 0.15) is 5.75 Å². The summed E-state index contributed by atoms with van der Waals surface area (Å²) in [5.41, 5.74) is 1.52. The van der Waals surface area contributed by atoms with E-state index in [1.807, 2.05) is 6.08 Å². The maximum atomic E-state index is 12.9. The summed E-state index contributed by atoms with van der Waals surface area (Å²) in [6.45, 7) is 6.45. The lowest BCUT2D eigenvalue weighted by atomic mass is 10.0. The number of unbranched alkanes of at least 4 members (excludes halogenated alkanes) is 12. The largest absolute Gasteiger partial charge is 0.508 e. The molecule has 7 heteroatoms. The number of carbonyl (C=O) groups is 1. The van der Waals surface area contributed by atoms with Crippen molar-refractivity contribution in [3.05, 3.63) is 35.5 Å². The minimum absolute atomic E-state index is 0.0317. The Labute approximate surface area is 226 Å². The average Bonchev–Trinajstić information content (AvgIpc) is 2.87. The molecule has 1 aromatic rings. The van der Waals surface area contributed by atoms with E-state index in [2.05, 4.69) is 12.2 Å². The van der Waals surface area contributed by atoms with E-state index in [1.54, 1.807) is 38.1 Å². The summed E-state index contributed by atoms with van der Waals surface area (Å²) in [4.78, 5) is 12.7. The van der Waals surface area contributed by atoms with Crippen LogP contribution in [0.1, 0.15) is 123 Å². The van der Waals surface area contributed by atoms with Gasteiger partial charge >= 0.3 is 7.60 Å². The third-order valence-corrected chi connectivity index (χ3v) is 8.42. The van der Waals surface area contributed by atoms with E-state index < -0.39 is 7.60 Å². The van der Waals surface area contributed by atoms with Crippen LogP contribution in [0, 0.1) is 0 Å². The topological polar surface area (TPSA) is 84.9 Å². The van der Waals surface area contributed by atoms with E-state index in [0.717, 1.165) is 18.4 Å². The molecule has 0 aromatic heterocycles. The van der Waals surface area contributed by atoms with Crippen molar-refractivity contribution in [2.24, 2.45) is 0 Å². The van der Waals surface area contributed by atoms with Crippen LogP contribution in [0.25, 0.3) is 6.08 Å². The van der Waals surface area contributed by atoms with Crippen molar-refractivity contribution in [3.8, 4) is 5.75 Å². The maximum absolute atomic E-state index is 12.9. The van der Waals surface area contributed by atoms with Crippen LogP contribution >= 0.6 is 7.60 Å². The highest BCUT2D eigenvalue weighted by molar-refractivity contribution is 7.53. The first-order valence-electron chi connectivity index (χ1n) is 14.6. The Morgan fingerprint density at radius 2 is 1.27 bits per heavy atom. The molecule has 0 bridgehead atoms. The second-order valence-corrected chi connectivity index (χ2v) is 11.9. The fourth-order valence-corrected chi connectivity index (χ4v) is 5.94. The minimum Gasteiger partial charge on any atom is -0.508 e. The SMILES string of the molecule is CCCCCCCCCCCCCCCC(=O)N/C(=C/c1ccc(O)cc1)CCP(=O)(OCC)OCC. The number of benzene rings is 1. The molecule has 0 aliphatic heterocycles. The number of phenolic OH excluding ortho intramolecular Hbond substituents is 1. The number of carbonyl (C=O) groups excluding carboxylic acids is 1. The molecule has 0 atom stereocenters. The van der Waals surface area contributed by atoms with E-state index in [-0.39, 0.29) is 17.8 Å². The summed E-state index contributed by atoms with van der Waals surface area (Å²) in [6.07, 6.45) is 19.4. The van der Waals surface area contributed by atoms with Gasteiger partial charge in [-0.05, 0) is 50.5 Å². The van der Waals surface area contributed by atoms with E-state index >= 15 is 0 Å². The van der Waals surface area contributed by atoms with Crippen molar-refractivity contribution < 1.29 is 23.5 Å². The number of rotatable bonds is 23. The van der Waals surface area contributed by atoms with Gasteiger partial charge in [-0.1, -0.05) is 96.1 Å². The first-order chi connectivity index (χ1) is 17.9. The third-order valence-electron chi connectivity index (χ3n) is 6.35. The highest BCUT2D eigenvalue weighted by Gasteiger charge is 2.24. The molecule has 0 saturated carbocycles. The molecule has 0 saturated heterocycles. The maximum Gasteiger partial charge on any atom is 0.331 e. The van der Waals surface area contributed by atoms with E-state index in [4.69, 9.17) is 9.05 Å². The van der Waals surface area contributed by atoms with Crippen LogP contribution in [-0.4, -0.2) is 30.4 Å². The van der Waals surface area contributed by atoms with E-state index in [1.165, 1.54) is 70.6 Å². The van der Waals surface area contributed by atoms with Crippen LogP contribution in [0.3, 0.4) is 0 Å². The number of allylic oxidation sites excluding steroid dienone is 1. The number of nitrogens with one attached hydrogen (secondary N) is 1. The molecule has 212 valence electrons. The summed E-state index contributed by atoms with van der Waals surface area (Å²) in [5.74, 6) is 0.151. The summed E-state index contributed by atoms with van der Waals surface area (Å²) < 4.78 is 23.7. The molecule has 6 nitrogen and oxygen atoms in total. The Morgan fingerprint density at radius 3 is 1.76 bits per heavy atom. The molecular formula is C30H52NO5P. The Hall–Kier alpha value is -1.62. The van der Waals surface area contributed by atoms with Gasteiger partial charge in [0.2, 0.25) is 5.91 Å². The highest BCUT2D eigenvalue weighted by Crippen LogP contribution is 2.49. The molecule has 0 aliphatic rings. The molecule has 0 aliphatic carbocycles. The number of aromatic hydroxyl groups is 1. The van der Waals surface area contributed by atoms with Gasteiger partial charge in [0.05, 0.1) is 19.4 Å². The predicted octanol–water partition coefficient (Wildman–Crippen LogP) is 8.99. The van der Waals surface area contributed by atoms with Crippen molar-refractivity contribution >= 4 is 19.6 Å². The van der Waals surface area contributed by atoms with Crippen molar-refractivity contribution in [2.75, 3.05) is 19.4 Å². The molecule has 0 fully saturated rings. The molecule has 0 spiro atoms. The fraction of sp³-hybridized carbons (Fsp3) is 0.700. The van der Waals surface area contributed by atoms with Crippen LogP contribution in [0.4, 0.5) is 0 Å². The van der Waals surface area contributed by atoms with Crippen molar-refractivity contribution in [3.63, 3.8) is 0 Å². The quantitative estimate of drug-likeness (QED) is 0.107. The third kappa shape index (κ3) is 17.5. The Kier molecular flexibility index (Phi) is 19.3. The highest BCUT2D eigenvalue weighted by atomic mass is 31.2. The molecule has 37 heavy (non-hydrogen) atoms. The summed E-state index contributed by atoms with van der Waals surface area (Å²) >= 11 is 0. The zero-order valence-electron chi connectivity index (χ0n) is 23.6. The Bertz CT molecular complexity index is 784. The van der Waals surface area contributed by atoms with Gasteiger partial charge < -0.3 is 19.5 Å². The lowest BCUT2D eigenvalue weighted by Crippen LogP contribution is -2.23. The number of hydrogen-bond acceptors (Lipinski definition) is 5. The lowest BCUT2D eigenvalue weighted by Gasteiger charge is -2.18. The molecule has 1 rings (SSSR count). The van der Waals surface area contributed by atoms with E-state index in [9.17, 15) is 14.5 Å². The molecule has 0 heterocycles. The van der Waals surface area contributed by atoms with Gasteiger partial charge in [0.15, 0.2) is 0 Å².